The van der Waals surface area contributed by atoms with Crippen LogP contribution >= 0.6 is 0 Å². The number of nitrogens with one attached hydrogen (secondary N) is 1. The van der Waals surface area contributed by atoms with E-state index in [0.29, 0.717) is 18.4 Å². The third-order valence-electron chi connectivity index (χ3n) is 3.39. The molecule has 0 aliphatic rings. The van der Waals surface area contributed by atoms with E-state index in [9.17, 15) is 14.0 Å². The summed E-state index contributed by atoms with van der Waals surface area (Å²) in [5, 5.41) is 11.5. The fraction of sp³-hybridized carbons (Fsp3) is 0.412. The van der Waals surface area contributed by atoms with Crippen molar-refractivity contribution in [2.24, 2.45) is 5.92 Å². The van der Waals surface area contributed by atoms with E-state index in [0.717, 1.165) is 0 Å². The van der Waals surface area contributed by atoms with Gasteiger partial charge in [-0.15, -0.1) is 6.58 Å². The Labute approximate surface area is 135 Å². The molecule has 5 nitrogen and oxygen atoms in total. The number of rotatable bonds is 10. The Kier molecular flexibility index (Phi) is 7.97. The Balaban J connectivity index is 2.49. The predicted molar refractivity (Wildman–Crippen MR) is 84.5 cm³/mol. The van der Waals surface area contributed by atoms with E-state index in [1.165, 1.54) is 12.1 Å². The second-order valence-corrected chi connectivity index (χ2v) is 5.26. The maximum absolute atomic E-state index is 13.5. The van der Waals surface area contributed by atoms with Gasteiger partial charge in [-0.2, -0.15) is 0 Å². The van der Waals surface area contributed by atoms with Crippen molar-refractivity contribution in [2.45, 2.75) is 25.8 Å². The van der Waals surface area contributed by atoms with E-state index in [4.69, 9.17) is 9.84 Å². The van der Waals surface area contributed by atoms with Crippen LogP contribution in [0.25, 0.3) is 0 Å². The zero-order chi connectivity index (χ0) is 17.2. The molecule has 1 rings (SSSR count). The zero-order valence-electron chi connectivity index (χ0n) is 13.1. The van der Waals surface area contributed by atoms with Gasteiger partial charge in [-0.3, -0.25) is 4.79 Å². The molecule has 0 aliphatic heterocycles. The normalized spacial score (nSPS) is 13.1. The highest BCUT2D eigenvalue weighted by Crippen LogP contribution is 2.13. The fourth-order valence-electron chi connectivity index (χ4n) is 1.96. The number of carbonyl (C=O) groups excluding carboxylic acids is 1. The summed E-state index contributed by atoms with van der Waals surface area (Å²) in [4.78, 5) is 23.2. The molecule has 2 atom stereocenters. The van der Waals surface area contributed by atoms with Crippen molar-refractivity contribution in [3.05, 3.63) is 48.3 Å². The largest absolute Gasteiger partial charge is 0.480 e. The van der Waals surface area contributed by atoms with Crippen LogP contribution in [0.1, 0.15) is 18.9 Å². The number of benzene rings is 1. The molecule has 6 heteroatoms. The van der Waals surface area contributed by atoms with E-state index < -0.39 is 23.8 Å². The second-order valence-electron chi connectivity index (χ2n) is 5.26. The van der Waals surface area contributed by atoms with E-state index in [1.54, 1.807) is 25.1 Å². The predicted octanol–water partition coefficient (Wildman–Crippen LogP) is 2.17. The van der Waals surface area contributed by atoms with Gasteiger partial charge in [0, 0.05) is 5.92 Å². The SMILES string of the molecule is C=CCOCC(NC(=O)C(C)CCc1ccccc1F)C(=O)O. The van der Waals surface area contributed by atoms with Crippen LogP contribution in [0.5, 0.6) is 0 Å². The summed E-state index contributed by atoms with van der Waals surface area (Å²) in [7, 11) is 0. The average Bonchev–Trinajstić information content (AvgIpc) is 2.52. The van der Waals surface area contributed by atoms with E-state index >= 15 is 0 Å². The van der Waals surface area contributed by atoms with Gasteiger partial charge in [0.25, 0.3) is 0 Å². The van der Waals surface area contributed by atoms with E-state index in [1.807, 2.05) is 0 Å². The van der Waals surface area contributed by atoms with Crippen LogP contribution in [0.4, 0.5) is 4.39 Å². The van der Waals surface area contributed by atoms with Gasteiger partial charge in [0.1, 0.15) is 5.82 Å². The van der Waals surface area contributed by atoms with Crippen molar-refractivity contribution in [3.63, 3.8) is 0 Å². The van der Waals surface area contributed by atoms with E-state index in [2.05, 4.69) is 11.9 Å². The topological polar surface area (TPSA) is 75.6 Å². The van der Waals surface area contributed by atoms with Crippen LogP contribution in [0.15, 0.2) is 36.9 Å². The molecule has 1 amide bonds. The first-order valence-corrected chi connectivity index (χ1v) is 7.41. The number of amides is 1. The summed E-state index contributed by atoms with van der Waals surface area (Å²) in [5.74, 6) is -2.29. The minimum Gasteiger partial charge on any atom is -0.480 e. The van der Waals surface area contributed by atoms with Crippen LogP contribution in [0.2, 0.25) is 0 Å². The number of ether oxygens (including phenoxy) is 1. The zero-order valence-corrected chi connectivity index (χ0v) is 13.1. The minimum atomic E-state index is -1.16. The number of hydrogen-bond donors (Lipinski definition) is 2. The van der Waals surface area contributed by atoms with Crippen LogP contribution in [0.3, 0.4) is 0 Å². The van der Waals surface area contributed by atoms with Gasteiger partial charge >= 0.3 is 5.97 Å². The maximum atomic E-state index is 13.5. The maximum Gasteiger partial charge on any atom is 0.328 e. The summed E-state index contributed by atoms with van der Waals surface area (Å²) < 4.78 is 18.6. The van der Waals surface area contributed by atoms with Crippen LogP contribution < -0.4 is 5.32 Å². The molecule has 0 fully saturated rings. The van der Waals surface area contributed by atoms with Crippen molar-refractivity contribution >= 4 is 11.9 Å². The standard InChI is InChI=1S/C17H22FNO4/c1-3-10-23-11-15(17(21)22)19-16(20)12(2)8-9-13-6-4-5-7-14(13)18/h3-7,12,15H,1,8-11H2,2H3,(H,19,20)(H,21,22). The lowest BCUT2D eigenvalue weighted by atomic mass is 10.00. The molecular formula is C17H22FNO4. The second kappa shape index (κ2) is 9.74. The van der Waals surface area contributed by atoms with Crippen molar-refractivity contribution in [1.82, 2.24) is 5.32 Å². The number of halogens is 1. The molecule has 0 radical (unpaired) electrons. The number of aliphatic carboxylic acids is 1. The van der Waals surface area contributed by atoms with E-state index in [-0.39, 0.29) is 19.0 Å². The molecule has 0 saturated carbocycles. The molecule has 0 bridgehead atoms. The van der Waals surface area contributed by atoms with Crippen LogP contribution in [-0.2, 0) is 20.7 Å². The monoisotopic (exact) mass is 323 g/mol. The molecule has 0 heterocycles. The summed E-state index contributed by atoms with van der Waals surface area (Å²) in [5.41, 5.74) is 0.538. The van der Waals surface area contributed by atoms with Crippen molar-refractivity contribution in [1.29, 1.82) is 0 Å². The molecule has 1 aromatic carbocycles. The highest BCUT2D eigenvalue weighted by molar-refractivity contribution is 5.84. The number of carboxylic acid groups (broad SMARTS) is 1. The Morgan fingerprint density at radius 2 is 2.13 bits per heavy atom. The van der Waals surface area contributed by atoms with Crippen LogP contribution in [-0.4, -0.2) is 36.2 Å². The van der Waals surface area contributed by atoms with Gasteiger partial charge in [0.15, 0.2) is 6.04 Å². The average molecular weight is 323 g/mol. The highest BCUT2D eigenvalue weighted by atomic mass is 19.1. The molecule has 0 spiro atoms. The lowest BCUT2D eigenvalue weighted by Crippen LogP contribution is -2.46. The Bertz CT molecular complexity index is 547. The molecule has 2 unspecified atom stereocenters. The Morgan fingerprint density at radius 3 is 2.74 bits per heavy atom. The number of aryl methyl sites for hydroxylation is 1. The fourth-order valence-corrected chi connectivity index (χ4v) is 1.96. The highest BCUT2D eigenvalue weighted by Gasteiger charge is 2.23. The van der Waals surface area contributed by atoms with Gasteiger partial charge in [-0.1, -0.05) is 31.2 Å². The third kappa shape index (κ3) is 6.61. The Morgan fingerprint density at radius 1 is 1.43 bits per heavy atom. The smallest absolute Gasteiger partial charge is 0.328 e. The molecule has 2 N–H and O–H groups in total. The number of hydrogen-bond acceptors (Lipinski definition) is 3. The molecule has 23 heavy (non-hydrogen) atoms. The Hall–Kier alpha value is -2.21. The van der Waals surface area contributed by atoms with Crippen molar-refractivity contribution < 1.29 is 23.8 Å². The van der Waals surface area contributed by atoms with Crippen LogP contribution in [0, 0.1) is 11.7 Å². The van der Waals surface area contributed by atoms with Gasteiger partial charge < -0.3 is 15.2 Å². The molecule has 1 aromatic rings. The minimum absolute atomic E-state index is 0.132. The third-order valence-corrected chi connectivity index (χ3v) is 3.39. The lowest BCUT2D eigenvalue weighted by molar-refractivity contribution is -0.144. The first-order chi connectivity index (χ1) is 11.0. The molecular weight excluding hydrogens is 301 g/mol. The van der Waals surface area contributed by atoms with Gasteiger partial charge in [0.05, 0.1) is 13.2 Å². The first kappa shape index (κ1) is 18.8. The summed E-state index contributed by atoms with van der Waals surface area (Å²) in [6, 6.07) is 5.27. The first-order valence-electron chi connectivity index (χ1n) is 7.41. The molecule has 0 saturated heterocycles. The summed E-state index contributed by atoms with van der Waals surface area (Å²) in [6.45, 7) is 5.22. The van der Waals surface area contributed by atoms with Gasteiger partial charge in [0.2, 0.25) is 5.91 Å². The molecule has 0 aromatic heterocycles. The lowest BCUT2D eigenvalue weighted by Gasteiger charge is -2.17. The van der Waals surface area contributed by atoms with Gasteiger partial charge in [-0.25, -0.2) is 9.18 Å². The quantitative estimate of drug-likeness (QED) is 0.511. The van der Waals surface area contributed by atoms with Gasteiger partial charge in [-0.05, 0) is 24.5 Å². The number of carbonyl (C=O) groups is 2. The molecule has 0 aliphatic carbocycles. The summed E-state index contributed by atoms with van der Waals surface area (Å²) in [6.07, 6.45) is 2.33. The number of carboxylic acids is 1. The molecule has 126 valence electrons. The summed E-state index contributed by atoms with van der Waals surface area (Å²) >= 11 is 0. The van der Waals surface area contributed by atoms with Crippen molar-refractivity contribution in [3.8, 4) is 0 Å². The van der Waals surface area contributed by atoms with Crippen molar-refractivity contribution in [2.75, 3.05) is 13.2 Å².